The molecule has 1 aliphatic heterocycles. The van der Waals surface area contributed by atoms with E-state index in [0.29, 0.717) is 19.2 Å². The Morgan fingerprint density at radius 3 is 2.30 bits per heavy atom. The second-order valence-corrected chi connectivity index (χ2v) is 5.75. The number of benzene rings is 1. The minimum atomic E-state index is -4.66. The first kappa shape index (κ1) is 18.4. The van der Waals surface area contributed by atoms with Gasteiger partial charge in [-0.1, -0.05) is 11.6 Å². The van der Waals surface area contributed by atoms with Crippen LogP contribution >= 0.6 is 11.6 Å². The molecule has 9 heteroatoms. The number of nitrogens with zero attached hydrogens (tertiary/aromatic N) is 1. The van der Waals surface area contributed by atoms with Crippen LogP contribution in [-0.2, 0) is 6.18 Å². The zero-order valence-corrected chi connectivity index (χ0v) is 12.8. The van der Waals surface area contributed by atoms with Gasteiger partial charge in [-0.05, 0) is 23.8 Å². The molecule has 3 nitrogen and oxygen atoms in total. The molecule has 1 fully saturated rings. The number of nitrogens with one attached hydrogen (secondary N) is 1. The number of aliphatic hydroxyl groups is 1. The third-order valence-corrected chi connectivity index (χ3v) is 4.09. The summed E-state index contributed by atoms with van der Waals surface area (Å²) in [6.45, 7) is -0.197. The van der Waals surface area contributed by atoms with E-state index in [0.717, 1.165) is 12.1 Å². The SMILES string of the molecule is OCC(F)(F)[C@@H](c1cc(C(F)(F)F)ccc1Cl)N1CCNCC1. The Balaban J connectivity index is 2.50. The van der Waals surface area contributed by atoms with Crippen LogP contribution < -0.4 is 5.32 Å². The van der Waals surface area contributed by atoms with Crippen LogP contribution in [0, 0.1) is 0 Å². The molecule has 0 spiro atoms. The van der Waals surface area contributed by atoms with Crippen molar-refractivity contribution in [3.63, 3.8) is 0 Å². The van der Waals surface area contributed by atoms with Gasteiger partial charge in [0.2, 0.25) is 0 Å². The number of hydrogen-bond acceptors (Lipinski definition) is 3. The molecular formula is C14H16ClF5N2O. The largest absolute Gasteiger partial charge is 0.416 e. The van der Waals surface area contributed by atoms with Crippen LogP contribution in [0.5, 0.6) is 0 Å². The molecule has 2 rings (SSSR count). The predicted octanol–water partition coefficient (Wildman–Crippen LogP) is 2.93. The molecule has 0 aromatic heterocycles. The van der Waals surface area contributed by atoms with Crippen molar-refractivity contribution in [1.82, 2.24) is 10.2 Å². The van der Waals surface area contributed by atoms with E-state index in [1.807, 2.05) is 0 Å². The summed E-state index contributed by atoms with van der Waals surface area (Å²) in [6, 6.07) is 0.628. The highest BCUT2D eigenvalue weighted by Crippen LogP contribution is 2.42. The van der Waals surface area contributed by atoms with Gasteiger partial charge in [-0.3, -0.25) is 4.90 Å². The van der Waals surface area contributed by atoms with Gasteiger partial charge in [0.15, 0.2) is 0 Å². The molecule has 23 heavy (non-hydrogen) atoms. The lowest BCUT2D eigenvalue weighted by atomic mass is 9.96. The van der Waals surface area contributed by atoms with Crippen LogP contribution in [0.15, 0.2) is 18.2 Å². The zero-order valence-electron chi connectivity index (χ0n) is 12.0. The third-order valence-electron chi connectivity index (χ3n) is 3.75. The van der Waals surface area contributed by atoms with Crippen molar-refractivity contribution in [3.8, 4) is 0 Å². The Kier molecular flexibility index (Phi) is 5.50. The molecule has 0 radical (unpaired) electrons. The summed E-state index contributed by atoms with van der Waals surface area (Å²) >= 11 is 5.90. The van der Waals surface area contributed by atoms with E-state index in [2.05, 4.69) is 5.32 Å². The molecule has 1 atom stereocenters. The fraction of sp³-hybridized carbons (Fsp3) is 0.571. The standard InChI is InChI=1S/C14H16ClF5N2O/c15-11-2-1-9(14(18,19)20)7-10(11)12(13(16,17)8-23)22-5-3-21-4-6-22/h1-2,7,12,21,23H,3-6,8H2/t12-/m1/s1. The average Bonchev–Trinajstić information content (AvgIpc) is 2.49. The van der Waals surface area contributed by atoms with Crippen molar-refractivity contribution in [2.24, 2.45) is 0 Å². The van der Waals surface area contributed by atoms with E-state index < -0.39 is 30.3 Å². The lowest BCUT2D eigenvalue weighted by Gasteiger charge is -2.39. The van der Waals surface area contributed by atoms with E-state index >= 15 is 0 Å². The summed E-state index contributed by atoms with van der Waals surface area (Å²) in [6.07, 6.45) is -4.66. The smallest absolute Gasteiger partial charge is 0.390 e. The van der Waals surface area contributed by atoms with E-state index in [1.54, 1.807) is 0 Å². The lowest BCUT2D eigenvalue weighted by Crippen LogP contribution is -2.51. The highest BCUT2D eigenvalue weighted by molar-refractivity contribution is 6.31. The van der Waals surface area contributed by atoms with Gasteiger partial charge in [-0.25, -0.2) is 8.78 Å². The Hall–Kier alpha value is -0.960. The number of rotatable bonds is 4. The summed E-state index contributed by atoms with van der Waals surface area (Å²) in [5.41, 5.74) is -1.38. The second kappa shape index (κ2) is 6.88. The van der Waals surface area contributed by atoms with Crippen LogP contribution in [0.3, 0.4) is 0 Å². The van der Waals surface area contributed by atoms with Gasteiger partial charge < -0.3 is 10.4 Å². The highest BCUT2D eigenvalue weighted by Gasteiger charge is 2.45. The molecule has 1 aliphatic rings. The molecule has 1 saturated heterocycles. The van der Waals surface area contributed by atoms with Gasteiger partial charge in [-0.2, -0.15) is 13.2 Å². The zero-order chi connectivity index (χ0) is 17.3. The molecule has 1 aromatic rings. The maximum Gasteiger partial charge on any atom is 0.416 e. The molecule has 0 unspecified atom stereocenters. The van der Waals surface area contributed by atoms with Gasteiger partial charge in [-0.15, -0.1) is 0 Å². The number of hydrogen-bond donors (Lipinski definition) is 2. The first-order chi connectivity index (χ1) is 10.7. The summed E-state index contributed by atoms with van der Waals surface area (Å²) in [5.74, 6) is -3.62. The van der Waals surface area contributed by atoms with Crippen molar-refractivity contribution >= 4 is 11.6 Å². The number of aliphatic hydroxyl groups excluding tert-OH is 1. The van der Waals surface area contributed by atoms with Crippen LogP contribution in [-0.4, -0.2) is 48.7 Å². The summed E-state index contributed by atoms with van der Waals surface area (Å²) in [4.78, 5) is 1.34. The molecule has 0 aliphatic carbocycles. The van der Waals surface area contributed by atoms with Gasteiger partial charge in [0, 0.05) is 31.2 Å². The molecule has 0 amide bonds. The van der Waals surface area contributed by atoms with Crippen molar-refractivity contribution in [2.75, 3.05) is 32.8 Å². The fourth-order valence-corrected chi connectivity index (χ4v) is 2.87. The predicted molar refractivity (Wildman–Crippen MR) is 75.7 cm³/mol. The minimum absolute atomic E-state index is 0.186. The summed E-state index contributed by atoms with van der Waals surface area (Å²) < 4.78 is 67.1. The number of piperazine rings is 1. The van der Waals surface area contributed by atoms with Crippen LogP contribution in [0.25, 0.3) is 0 Å². The van der Waals surface area contributed by atoms with E-state index in [-0.39, 0.29) is 23.7 Å². The second-order valence-electron chi connectivity index (χ2n) is 5.34. The number of halogens is 6. The first-order valence-corrected chi connectivity index (χ1v) is 7.34. The Labute approximate surface area is 135 Å². The first-order valence-electron chi connectivity index (χ1n) is 6.97. The summed E-state index contributed by atoms with van der Waals surface area (Å²) in [5, 5.41) is 11.8. The molecular weight excluding hydrogens is 343 g/mol. The molecule has 130 valence electrons. The molecule has 1 heterocycles. The van der Waals surface area contributed by atoms with Gasteiger partial charge in [0.1, 0.15) is 12.6 Å². The Bertz CT molecular complexity index is 546. The highest BCUT2D eigenvalue weighted by atomic mass is 35.5. The quantitative estimate of drug-likeness (QED) is 0.812. The average molecular weight is 359 g/mol. The monoisotopic (exact) mass is 358 g/mol. The molecule has 1 aromatic carbocycles. The fourth-order valence-electron chi connectivity index (χ4n) is 2.65. The van der Waals surface area contributed by atoms with Crippen LogP contribution in [0.4, 0.5) is 22.0 Å². The van der Waals surface area contributed by atoms with Gasteiger partial charge >= 0.3 is 6.18 Å². The van der Waals surface area contributed by atoms with Crippen LogP contribution in [0.1, 0.15) is 17.2 Å². The minimum Gasteiger partial charge on any atom is -0.390 e. The third kappa shape index (κ3) is 4.12. The summed E-state index contributed by atoms with van der Waals surface area (Å²) in [7, 11) is 0. The maximum absolute atomic E-state index is 14.2. The van der Waals surface area contributed by atoms with E-state index in [4.69, 9.17) is 16.7 Å². The van der Waals surface area contributed by atoms with Crippen molar-refractivity contribution in [3.05, 3.63) is 34.3 Å². The maximum atomic E-state index is 14.2. The van der Waals surface area contributed by atoms with E-state index in [9.17, 15) is 22.0 Å². The lowest BCUT2D eigenvalue weighted by molar-refractivity contribution is -0.138. The normalized spacial score (nSPS) is 18.9. The van der Waals surface area contributed by atoms with Crippen LogP contribution in [0.2, 0.25) is 5.02 Å². The van der Waals surface area contributed by atoms with Crippen molar-refractivity contribution in [2.45, 2.75) is 18.1 Å². The van der Waals surface area contributed by atoms with Gasteiger partial charge in [0.05, 0.1) is 5.56 Å². The van der Waals surface area contributed by atoms with Gasteiger partial charge in [0.25, 0.3) is 5.92 Å². The molecule has 0 bridgehead atoms. The molecule has 0 saturated carbocycles. The van der Waals surface area contributed by atoms with Crippen molar-refractivity contribution in [1.29, 1.82) is 0 Å². The Morgan fingerprint density at radius 1 is 1.17 bits per heavy atom. The van der Waals surface area contributed by atoms with E-state index in [1.165, 1.54) is 4.90 Å². The Morgan fingerprint density at radius 2 is 1.78 bits per heavy atom. The topological polar surface area (TPSA) is 35.5 Å². The van der Waals surface area contributed by atoms with Crippen molar-refractivity contribution < 1.29 is 27.1 Å². The molecule has 2 N–H and O–H groups in total. The number of alkyl halides is 5.